The molecule has 2 heterocycles. The molecule has 1 aliphatic rings. The predicted octanol–water partition coefficient (Wildman–Crippen LogP) is 3.01. The van der Waals surface area contributed by atoms with Crippen LogP contribution in [0.5, 0.6) is 0 Å². The topological polar surface area (TPSA) is 47.8 Å². The Morgan fingerprint density at radius 2 is 1.86 bits per heavy atom. The van der Waals surface area contributed by atoms with Crippen molar-refractivity contribution in [2.45, 2.75) is 0 Å². The molecule has 0 N–H and O–H groups in total. The van der Waals surface area contributed by atoms with Gasteiger partial charge in [0.15, 0.2) is 5.65 Å². The number of aromatic nitrogens is 3. The Hall–Kier alpha value is -3.08. The first-order valence-corrected chi connectivity index (χ1v) is 6.76. The van der Waals surface area contributed by atoms with Crippen LogP contribution in [0.2, 0.25) is 0 Å². The van der Waals surface area contributed by atoms with Gasteiger partial charge in [-0.05, 0) is 48.6 Å². The van der Waals surface area contributed by atoms with E-state index in [-0.39, 0.29) is 17.1 Å². The fourth-order valence-corrected chi connectivity index (χ4v) is 2.39. The lowest BCUT2D eigenvalue weighted by Gasteiger charge is -2.14. The van der Waals surface area contributed by atoms with Crippen molar-refractivity contribution in [1.82, 2.24) is 14.5 Å². The summed E-state index contributed by atoms with van der Waals surface area (Å²) in [5.74, 6) is -0.351. The maximum atomic E-state index is 13.1. The summed E-state index contributed by atoms with van der Waals surface area (Å²) in [6.07, 6.45) is 7.16. The van der Waals surface area contributed by atoms with Crippen molar-refractivity contribution in [3.8, 4) is 11.3 Å². The second kappa shape index (κ2) is 4.73. The zero-order valence-electron chi connectivity index (χ0n) is 11.4. The fraction of sp³-hybridized carbons (Fsp3) is 0. The molecule has 3 aromatic rings. The molecule has 4 nitrogen and oxygen atoms in total. The number of allylic oxidation sites excluding steroid dienone is 4. The Morgan fingerprint density at radius 3 is 2.55 bits per heavy atom. The summed E-state index contributed by atoms with van der Waals surface area (Å²) in [5.41, 5.74) is 2.47. The van der Waals surface area contributed by atoms with E-state index in [1.807, 2.05) is 18.2 Å². The maximum absolute atomic E-state index is 13.1. The van der Waals surface area contributed by atoms with Gasteiger partial charge in [-0.3, -0.25) is 9.36 Å². The monoisotopic (exact) mass is 291 g/mol. The van der Waals surface area contributed by atoms with Crippen LogP contribution in [0.3, 0.4) is 0 Å². The normalized spacial score (nSPS) is 13.0. The summed E-state index contributed by atoms with van der Waals surface area (Å²) in [6.45, 7) is 0. The van der Waals surface area contributed by atoms with Crippen molar-refractivity contribution in [2.24, 2.45) is 0 Å². The molecule has 5 heteroatoms. The van der Waals surface area contributed by atoms with Gasteiger partial charge in [-0.1, -0.05) is 6.08 Å². The Bertz CT molecular complexity index is 1000. The van der Waals surface area contributed by atoms with Gasteiger partial charge in [-0.15, -0.1) is 0 Å². The highest BCUT2D eigenvalue weighted by molar-refractivity contribution is 5.81. The van der Waals surface area contributed by atoms with Crippen LogP contribution < -0.4 is 5.56 Å². The zero-order chi connectivity index (χ0) is 15.1. The summed E-state index contributed by atoms with van der Waals surface area (Å²) >= 11 is 0. The largest absolute Gasteiger partial charge is 0.283 e. The highest BCUT2D eigenvalue weighted by Gasteiger charge is 2.16. The van der Waals surface area contributed by atoms with Gasteiger partial charge in [0.2, 0.25) is 0 Å². The van der Waals surface area contributed by atoms with E-state index >= 15 is 0 Å². The molecule has 4 rings (SSSR count). The molecule has 22 heavy (non-hydrogen) atoms. The van der Waals surface area contributed by atoms with Crippen LogP contribution in [0.4, 0.5) is 4.39 Å². The van der Waals surface area contributed by atoms with Crippen LogP contribution >= 0.6 is 0 Å². The first-order chi connectivity index (χ1) is 10.7. The zero-order valence-corrected chi connectivity index (χ0v) is 11.4. The highest BCUT2D eigenvalue weighted by atomic mass is 19.1. The number of fused-ring (bicyclic) bond motifs is 1. The van der Waals surface area contributed by atoms with Gasteiger partial charge in [-0.2, -0.15) is 0 Å². The molecule has 1 aromatic carbocycles. The van der Waals surface area contributed by atoms with E-state index in [1.165, 1.54) is 16.7 Å². The Morgan fingerprint density at radius 1 is 1.09 bits per heavy atom. The fourth-order valence-electron chi connectivity index (χ4n) is 2.39. The van der Waals surface area contributed by atoms with Crippen molar-refractivity contribution >= 4 is 16.9 Å². The standard InChI is InChI=1S/C17H10FN3O/c18-12-8-6-11(7-9-12)15-17(22)21(13-3-1-4-13)16-14(20-15)5-2-10-19-16/h1-10H. The average molecular weight is 291 g/mol. The van der Waals surface area contributed by atoms with Crippen molar-refractivity contribution in [3.05, 3.63) is 77.0 Å². The van der Waals surface area contributed by atoms with Gasteiger partial charge in [0.25, 0.3) is 5.56 Å². The van der Waals surface area contributed by atoms with Crippen molar-refractivity contribution in [2.75, 3.05) is 0 Å². The third-order valence-electron chi connectivity index (χ3n) is 3.53. The number of rotatable bonds is 2. The minimum absolute atomic E-state index is 0.270. The van der Waals surface area contributed by atoms with Gasteiger partial charge in [0, 0.05) is 11.8 Å². The van der Waals surface area contributed by atoms with E-state index in [0.29, 0.717) is 16.7 Å². The molecular weight excluding hydrogens is 281 g/mol. The Kier molecular flexibility index (Phi) is 2.72. The molecule has 2 aromatic heterocycles. The molecule has 106 valence electrons. The minimum atomic E-state index is -0.351. The number of benzene rings is 1. The SMILES string of the molecule is O=c1c(-c2ccc(F)cc2)nc2cccnc2n1C1=CC=C1. The first-order valence-electron chi connectivity index (χ1n) is 6.76. The summed E-state index contributed by atoms with van der Waals surface area (Å²) in [6, 6.07) is 9.30. The number of halogens is 1. The molecule has 0 amide bonds. The van der Waals surface area contributed by atoms with E-state index in [2.05, 4.69) is 9.97 Å². The van der Waals surface area contributed by atoms with Crippen LogP contribution in [0.25, 0.3) is 28.1 Å². The molecule has 0 saturated carbocycles. The Labute approximate surface area is 124 Å². The molecule has 1 aliphatic carbocycles. The van der Waals surface area contributed by atoms with E-state index in [1.54, 1.807) is 30.5 Å². The van der Waals surface area contributed by atoms with Gasteiger partial charge in [-0.25, -0.2) is 14.4 Å². The van der Waals surface area contributed by atoms with Crippen LogP contribution in [-0.4, -0.2) is 14.5 Å². The summed E-state index contributed by atoms with van der Waals surface area (Å²) in [7, 11) is 0. The van der Waals surface area contributed by atoms with Gasteiger partial charge >= 0.3 is 0 Å². The van der Waals surface area contributed by atoms with Gasteiger partial charge in [0.05, 0.1) is 5.70 Å². The van der Waals surface area contributed by atoms with Crippen LogP contribution in [-0.2, 0) is 0 Å². The molecule has 0 fully saturated rings. The molecule has 0 bridgehead atoms. The second-order valence-electron chi connectivity index (χ2n) is 4.90. The summed E-state index contributed by atoms with van der Waals surface area (Å²) < 4.78 is 14.6. The lowest BCUT2D eigenvalue weighted by molar-refractivity contribution is 0.628. The van der Waals surface area contributed by atoms with E-state index in [4.69, 9.17) is 0 Å². The summed E-state index contributed by atoms with van der Waals surface area (Å²) in [5, 5.41) is 0. The van der Waals surface area contributed by atoms with E-state index in [9.17, 15) is 9.18 Å². The number of hydrogen-bond acceptors (Lipinski definition) is 3. The number of hydrogen-bond donors (Lipinski definition) is 0. The predicted molar refractivity (Wildman–Crippen MR) is 82.6 cm³/mol. The first kappa shape index (κ1) is 12.6. The van der Waals surface area contributed by atoms with Crippen molar-refractivity contribution < 1.29 is 4.39 Å². The summed E-state index contributed by atoms with van der Waals surface area (Å²) in [4.78, 5) is 21.5. The molecule has 0 radical (unpaired) electrons. The average Bonchev–Trinajstić information content (AvgIpc) is 2.49. The van der Waals surface area contributed by atoms with Gasteiger partial charge < -0.3 is 0 Å². The molecule has 0 spiro atoms. The minimum Gasteiger partial charge on any atom is -0.266 e. The third kappa shape index (κ3) is 1.87. The second-order valence-corrected chi connectivity index (χ2v) is 4.90. The molecule has 0 atom stereocenters. The van der Waals surface area contributed by atoms with Gasteiger partial charge in [0.1, 0.15) is 17.0 Å². The van der Waals surface area contributed by atoms with E-state index in [0.717, 1.165) is 5.70 Å². The molecular formula is C17H10FN3O. The highest BCUT2D eigenvalue weighted by Crippen LogP contribution is 2.21. The van der Waals surface area contributed by atoms with Crippen LogP contribution in [0.1, 0.15) is 0 Å². The lowest BCUT2D eigenvalue weighted by atomic mass is 10.1. The van der Waals surface area contributed by atoms with Crippen LogP contribution in [0.15, 0.2) is 65.6 Å². The molecule has 0 aliphatic heterocycles. The van der Waals surface area contributed by atoms with Crippen molar-refractivity contribution in [3.63, 3.8) is 0 Å². The number of nitrogens with zero attached hydrogens (tertiary/aromatic N) is 3. The van der Waals surface area contributed by atoms with Crippen molar-refractivity contribution in [1.29, 1.82) is 0 Å². The maximum Gasteiger partial charge on any atom is 0.283 e. The smallest absolute Gasteiger partial charge is 0.266 e. The molecule has 0 unspecified atom stereocenters. The molecule has 0 saturated heterocycles. The Balaban J connectivity index is 2.06. The van der Waals surface area contributed by atoms with Crippen LogP contribution in [0, 0.1) is 5.82 Å². The number of pyridine rings is 1. The third-order valence-corrected chi connectivity index (χ3v) is 3.53. The lowest BCUT2D eigenvalue weighted by Crippen LogP contribution is -2.24. The quantitative estimate of drug-likeness (QED) is 0.729. The van der Waals surface area contributed by atoms with E-state index < -0.39 is 0 Å².